The van der Waals surface area contributed by atoms with Crippen LogP contribution >= 0.6 is 0 Å². The molecule has 0 bridgehead atoms. The number of aryl methyl sites for hydroxylation is 1. The Morgan fingerprint density at radius 3 is 2.50 bits per heavy atom. The van der Waals surface area contributed by atoms with Crippen LogP contribution in [-0.4, -0.2) is 42.1 Å². The maximum absolute atomic E-state index is 13.6. The highest BCUT2D eigenvalue weighted by atomic mass is 19.4. The van der Waals surface area contributed by atoms with Gasteiger partial charge in [-0.05, 0) is 62.4 Å². The van der Waals surface area contributed by atoms with Gasteiger partial charge in [-0.25, -0.2) is 9.98 Å². The minimum Gasteiger partial charge on any atom is -0.463 e. The molecule has 1 aromatic heterocycles. The number of alkyl halides is 3. The number of halogens is 3. The van der Waals surface area contributed by atoms with E-state index < -0.39 is 11.7 Å². The molecule has 1 aliphatic carbocycles. The van der Waals surface area contributed by atoms with Crippen LogP contribution in [0, 0.1) is 12.8 Å². The zero-order valence-corrected chi connectivity index (χ0v) is 22.1. The first-order valence-electron chi connectivity index (χ1n) is 13.5. The Kier molecular flexibility index (Phi) is 7.77. The number of aliphatic imine (C=N–C) groups is 1. The van der Waals surface area contributed by atoms with E-state index in [0.29, 0.717) is 42.8 Å². The SMILES string of the molecule is CCN(CC1CCCC1)c1nc2ccccc2cc1CN(Cc1cc(C)cc(C(F)(F)F)c1)C1=NCCO1. The number of benzene rings is 2. The molecule has 2 heterocycles. The number of amidine groups is 1. The van der Waals surface area contributed by atoms with Crippen LogP contribution in [0.1, 0.15) is 54.9 Å². The zero-order chi connectivity index (χ0) is 26.7. The number of anilines is 1. The van der Waals surface area contributed by atoms with Crippen molar-refractivity contribution in [3.63, 3.8) is 0 Å². The average molecular weight is 525 g/mol. The quantitative estimate of drug-likeness (QED) is 0.319. The standard InChI is InChI=1S/C30H35F3N4O/c1-3-36(18-22-8-4-5-9-22)28-25(17-24-10-6-7-11-27(24)35-28)20-37(29-34-12-13-38-29)19-23-14-21(2)15-26(16-23)30(31,32)33/h6-7,10-11,14-17,22H,3-5,8-9,12-13,18-20H2,1-2H3. The lowest BCUT2D eigenvalue weighted by molar-refractivity contribution is -0.137. The Morgan fingerprint density at radius 1 is 1.00 bits per heavy atom. The third-order valence-electron chi connectivity index (χ3n) is 7.45. The second-order valence-electron chi connectivity index (χ2n) is 10.4. The van der Waals surface area contributed by atoms with Crippen molar-refractivity contribution in [1.82, 2.24) is 9.88 Å². The van der Waals surface area contributed by atoms with Gasteiger partial charge in [-0.3, -0.25) is 0 Å². The highest BCUT2D eigenvalue weighted by Crippen LogP contribution is 2.33. The lowest BCUT2D eigenvalue weighted by atomic mass is 10.0. The minimum absolute atomic E-state index is 0.255. The lowest BCUT2D eigenvalue weighted by Crippen LogP contribution is -2.34. The first-order chi connectivity index (χ1) is 18.3. The summed E-state index contributed by atoms with van der Waals surface area (Å²) < 4.78 is 46.5. The van der Waals surface area contributed by atoms with Crippen molar-refractivity contribution in [2.24, 2.45) is 10.9 Å². The van der Waals surface area contributed by atoms with Crippen LogP contribution in [0.3, 0.4) is 0 Å². The smallest absolute Gasteiger partial charge is 0.416 e. The Hall–Kier alpha value is -3.29. The van der Waals surface area contributed by atoms with Crippen LogP contribution in [0.15, 0.2) is 53.5 Å². The second-order valence-corrected chi connectivity index (χ2v) is 10.4. The Bertz CT molecular complexity index is 1300. The normalized spacial score (nSPS) is 16.1. The molecule has 0 saturated heterocycles. The van der Waals surface area contributed by atoms with Crippen LogP contribution in [-0.2, 0) is 24.0 Å². The fourth-order valence-electron chi connectivity index (χ4n) is 5.66. The zero-order valence-electron chi connectivity index (χ0n) is 22.1. The van der Waals surface area contributed by atoms with E-state index in [9.17, 15) is 13.2 Å². The van der Waals surface area contributed by atoms with Gasteiger partial charge in [0.25, 0.3) is 6.02 Å². The summed E-state index contributed by atoms with van der Waals surface area (Å²) in [5, 5.41) is 1.03. The van der Waals surface area contributed by atoms with Crippen molar-refractivity contribution in [3.8, 4) is 0 Å². The summed E-state index contributed by atoms with van der Waals surface area (Å²) in [6, 6.07) is 14.9. The van der Waals surface area contributed by atoms with Gasteiger partial charge in [0.2, 0.25) is 0 Å². The van der Waals surface area contributed by atoms with Crippen molar-refractivity contribution in [1.29, 1.82) is 0 Å². The molecule has 202 valence electrons. The highest BCUT2D eigenvalue weighted by molar-refractivity contribution is 5.82. The molecule has 2 aromatic carbocycles. The van der Waals surface area contributed by atoms with Crippen molar-refractivity contribution < 1.29 is 17.9 Å². The first kappa shape index (κ1) is 26.3. The minimum atomic E-state index is -4.40. The van der Waals surface area contributed by atoms with E-state index in [2.05, 4.69) is 22.9 Å². The molecule has 5 nitrogen and oxygen atoms in total. The Morgan fingerprint density at radius 2 is 1.79 bits per heavy atom. The van der Waals surface area contributed by atoms with Crippen molar-refractivity contribution in [2.75, 3.05) is 31.1 Å². The number of rotatable bonds is 8. The Labute approximate surface area is 222 Å². The largest absolute Gasteiger partial charge is 0.463 e. The molecule has 0 N–H and O–H groups in total. The maximum Gasteiger partial charge on any atom is 0.416 e. The van der Waals surface area contributed by atoms with Crippen LogP contribution < -0.4 is 4.90 Å². The average Bonchev–Trinajstić information content (AvgIpc) is 3.60. The van der Waals surface area contributed by atoms with Crippen LogP contribution in [0.4, 0.5) is 19.0 Å². The first-order valence-corrected chi connectivity index (χ1v) is 13.5. The molecule has 0 unspecified atom stereocenters. The molecule has 38 heavy (non-hydrogen) atoms. The molecular weight excluding hydrogens is 489 g/mol. The van der Waals surface area contributed by atoms with Gasteiger partial charge in [-0.1, -0.05) is 42.7 Å². The molecule has 1 fully saturated rings. The molecule has 2 aliphatic rings. The lowest BCUT2D eigenvalue weighted by Gasteiger charge is -2.30. The number of hydrogen-bond donors (Lipinski definition) is 0. The van der Waals surface area contributed by atoms with E-state index in [1.165, 1.54) is 37.8 Å². The number of nitrogens with zero attached hydrogens (tertiary/aromatic N) is 4. The third-order valence-corrected chi connectivity index (χ3v) is 7.45. The monoisotopic (exact) mass is 524 g/mol. The van der Waals surface area contributed by atoms with Crippen LogP contribution in [0.5, 0.6) is 0 Å². The van der Waals surface area contributed by atoms with Gasteiger partial charge in [0.1, 0.15) is 12.4 Å². The predicted octanol–water partition coefficient (Wildman–Crippen LogP) is 6.97. The second kappa shape index (κ2) is 11.2. The molecule has 0 atom stereocenters. The number of para-hydroxylation sites is 1. The fourth-order valence-corrected chi connectivity index (χ4v) is 5.66. The molecule has 0 amide bonds. The van der Waals surface area contributed by atoms with Gasteiger partial charge in [-0.15, -0.1) is 0 Å². The summed E-state index contributed by atoms with van der Waals surface area (Å²) in [5.41, 5.74) is 2.47. The number of hydrogen-bond acceptors (Lipinski definition) is 5. The van der Waals surface area contributed by atoms with Crippen LogP contribution in [0.25, 0.3) is 10.9 Å². The summed E-state index contributed by atoms with van der Waals surface area (Å²) in [5.74, 6) is 1.59. The number of ether oxygens (including phenoxy) is 1. The number of pyridine rings is 1. The molecule has 3 aromatic rings. The highest BCUT2D eigenvalue weighted by Gasteiger charge is 2.31. The van der Waals surface area contributed by atoms with Crippen LogP contribution in [0.2, 0.25) is 0 Å². The van der Waals surface area contributed by atoms with Gasteiger partial charge in [-0.2, -0.15) is 13.2 Å². The van der Waals surface area contributed by atoms with Crippen molar-refractivity contribution in [2.45, 2.75) is 58.8 Å². The molecule has 1 saturated carbocycles. The summed E-state index contributed by atoms with van der Waals surface area (Å²) in [7, 11) is 0. The number of aromatic nitrogens is 1. The van der Waals surface area contributed by atoms with E-state index in [4.69, 9.17) is 9.72 Å². The van der Waals surface area contributed by atoms with Gasteiger partial charge in [0.05, 0.1) is 24.2 Å². The van der Waals surface area contributed by atoms with E-state index >= 15 is 0 Å². The van der Waals surface area contributed by atoms with Gasteiger partial charge < -0.3 is 14.5 Å². The van der Waals surface area contributed by atoms with Gasteiger partial charge in [0.15, 0.2) is 0 Å². The summed E-state index contributed by atoms with van der Waals surface area (Å²) in [6.07, 6.45) is 0.642. The predicted molar refractivity (Wildman–Crippen MR) is 145 cm³/mol. The van der Waals surface area contributed by atoms with Gasteiger partial charge >= 0.3 is 6.18 Å². The third kappa shape index (κ3) is 6.05. The van der Waals surface area contributed by atoms with E-state index in [0.717, 1.165) is 35.4 Å². The molecule has 1 aliphatic heterocycles. The Balaban J connectivity index is 1.52. The van der Waals surface area contributed by atoms with Crippen molar-refractivity contribution >= 4 is 22.7 Å². The molecule has 0 spiro atoms. The molecule has 0 radical (unpaired) electrons. The van der Waals surface area contributed by atoms with Gasteiger partial charge in [0, 0.05) is 30.6 Å². The van der Waals surface area contributed by atoms with E-state index in [-0.39, 0.29) is 6.54 Å². The molecular formula is C30H35F3N4O. The summed E-state index contributed by atoms with van der Waals surface area (Å²) in [4.78, 5) is 13.9. The summed E-state index contributed by atoms with van der Waals surface area (Å²) in [6.45, 7) is 7.34. The fraction of sp³-hybridized carbons (Fsp3) is 0.467. The van der Waals surface area contributed by atoms with Crippen molar-refractivity contribution in [3.05, 3.63) is 70.8 Å². The molecule has 5 rings (SSSR count). The molecule has 8 heteroatoms. The topological polar surface area (TPSA) is 41.0 Å². The van der Waals surface area contributed by atoms with E-state index in [1.807, 2.05) is 29.2 Å². The maximum atomic E-state index is 13.6. The number of fused-ring (bicyclic) bond motifs is 1. The summed E-state index contributed by atoms with van der Waals surface area (Å²) >= 11 is 0. The van der Waals surface area contributed by atoms with E-state index in [1.54, 1.807) is 13.0 Å².